The third-order valence-electron chi connectivity index (χ3n) is 4.66. The molecule has 0 unspecified atom stereocenters. The number of nitrogens with one attached hydrogen (secondary N) is 1. The SMILES string of the molecule is COc1ccc([C@H](NS(=O)(=O)c2ccc3c(c2)OCCO3)c2nccn2C)cc1. The van der Waals surface area contributed by atoms with Crippen LogP contribution in [0.4, 0.5) is 0 Å². The van der Waals surface area contributed by atoms with Crippen LogP contribution >= 0.6 is 0 Å². The molecule has 0 saturated heterocycles. The molecule has 0 bridgehead atoms. The summed E-state index contributed by atoms with van der Waals surface area (Å²) in [5.74, 6) is 2.20. The zero-order valence-electron chi connectivity index (χ0n) is 16.0. The van der Waals surface area contributed by atoms with E-state index in [0.29, 0.717) is 36.3 Å². The number of rotatable bonds is 6. The summed E-state index contributed by atoms with van der Waals surface area (Å²) >= 11 is 0. The molecule has 0 radical (unpaired) electrons. The predicted octanol–water partition coefficient (Wildman–Crippen LogP) is 2.27. The molecule has 1 N–H and O–H groups in total. The van der Waals surface area contributed by atoms with E-state index >= 15 is 0 Å². The van der Waals surface area contributed by atoms with Gasteiger partial charge in [-0.3, -0.25) is 0 Å². The fourth-order valence-electron chi connectivity index (χ4n) is 3.14. The van der Waals surface area contributed by atoms with Gasteiger partial charge in [0.2, 0.25) is 10.0 Å². The van der Waals surface area contributed by atoms with E-state index < -0.39 is 16.1 Å². The molecule has 29 heavy (non-hydrogen) atoms. The number of sulfonamides is 1. The fourth-order valence-corrected chi connectivity index (χ4v) is 4.33. The molecule has 1 aromatic heterocycles. The van der Waals surface area contributed by atoms with Crippen LogP contribution in [0.3, 0.4) is 0 Å². The number of aryl methyl sites for hydroxylation is 1. The summed E-state index contributed by atoms with van der Waals surface area (Å²) in [5, 5.41) is 0. The number of benzene rings is 2. The Morgan fingerprint density at radius 2 is 1.83 bits per heavy atom. The van der Waals surface area contributed by atoms with Crippen LogP contribution in [0.2, 0.25) is 0 Å². The highest BCUT2D eigenvalue weighted by Crippen LogP contribution is 2.33. The molecule has 2 aromatic carbocycles. The molecule has 1 aliphatic heterocycles. The first-order chi connectivity index (χ1) is 14.0. The number of fused-ring (bicyclic) bond motifs is 1. The minimum atomic E-state index is -3.87. The molecule has 0 spiro atoms. The lowest BCUT2D eigenvalue weighted by Gasteiger charge is -2.21. The van der Waals surface area contributed by atoms with Gasteiger partial charge in [0.25, 0.3) is 0 Å². The highest BCUT2D eigenvalue weighted by Gasteiger charge is 2.27. The van der Waals surface area contributed by atoms with E-state index in [-0.39, 0.29) is 4.90 Å². The molecule has 1 atom stereocenters. The first kappa shape index (κ1) is 19.3. The number of hydrogen-bond donors (Lipinski definition) is 1. The van der Waals surface area contributed by atoms with E-state index in [1.165, 1.54) is 12.1 Å². The quantitative estimate of drug-likeness (QED) is 0.664. The van der Waals surface area contributed by atoms with Gasteiger partial charge in [0.15, 0.2) is 11.5 Å². The maximum absolute atomic E-state index is 13.2. The Kier molecular flexibility index (Phi) is 5.16. The normalized spacial score (nSPS) is 14.4. The summed E-state index contributed by atoms with van der Waals surface area (Å²) in [6.45, 7) is 0.821. The second-order valence-electron chi connectivity index (χ2n) is 6.53. The van der Waals surface area contributed by atoms with Crippen molar-refractivity contribution in [2.75, 3.05) is 20.3 Å². The van der Waals surface area contributed by atoms with Gasteiger partial charge in [0.05, 0.1) is 12.0 Å². The Morgan fingerprint density at radius 1 is 1.10 bits per heavy atom. The van der Waals surface area contributed by atoms with Crippen molar-refractivity contribution in [2.45, 2.75) is 10.9 Å². The van der Waals surface area contributed by atoms with Crippen LogP contribution in [0.5, 0.6) is 17.2 Å². The molecule has 0 saturated carbocycles. The lowest BCUT2D eigenvalue weighted by atomic mass is 10.1. The van der Waals surface area contributed by atoms with E-state index in [2.05, 4.69) is 9.71 Å². The number of nitrogens with zero attached hydrogens (tertiary/aromatic N) is 2. The molecular formula is C20H21N3O5S. The van der Waals surface area contributed by atoms with Crippen LogP contribution < -0.4 is 18.9 Å². The van der Waals surface area contributed by atoms with Crippen LogP contribution in [0.1, 0.15) is 17.4 Å². The van der Waals surface area contributed by atoms with Gasteiger partial charge in [0.1, 0.15) is 30.8 Å². The van der Waals surface area contributed by atoms with Gasteiger partial charge in [-0.25, -0.2) is 13.4 Å². The Morgan fingerprint density at radius 3 is 2.48 bits per heavy atom. The lowest BCUT2D eigenvalue weighted by molar-refractivity contribution is 0.171. The Hall–Kier alpha value is -3.04. The van der Waals surface area contributed by atoms with Crippen LogP contribution in [0.15, 0.2) is 59.8 Å². The van der Waals surface area contributed by atoms with E-state index in [1.54, 1.807) is 42.3 Å². The molecule has 8 nitrogen and oxygen atoms in total. The summed E-state index contributed by atoms with van der Waals surface area (Å²) in [5.41, 5.74) is 0.737. The van der Waals surface area contributed by atoms with Crippen LogP contribution in [-0.2, 0) is 17.1 Å². The zero-order chi connectivity index (χ0) is 20.4. The molecule has 2 heterocycles. The largest absolute Gasteiger partial charge is 0.497 e. The predicted molar refractivity (Wildman–Crippen MR) is 106 cm³/mol. The van der Waals surface area contributed by atoms with Gasteiger partial charge in [0, 0.05) is 25.5 Å². The summed E-state index contributed by atoms with van der Waals surface area (Å²) in [6.07, 6.45) is 3.40. The molecule has 0 aliphatic carbocycles. The molecule has 152 valence electrons. The third-order valence-corrected chi connectivity index (χ3v) is 6.08. The van der Waals surface area contributed by atoms with E-state index in [4.69, 9.17) is 14.2 Å². The summed E-state index contributed by atoms with van der Waals surface area (Å²) < 4.78 is 47.1. The van der Waals surface area contributed by atoms with Gasteiger partial charge in [-0.05, 0) is 29.8 Å². The smallest absolute Gasteiger partial charge is 0.241 e. The molecule has 0 fully saturated rings. The minimum absolute atomic E-state index is 0.0921. The standard InChI is InChI=1S/C20H21N3O5S/c1-23-10-9-21-20(23)19(14-3-5-15(26-2)6-4-14)22-29(24,25)16-7-8-17-18(13-16)28-12-11-27-17/h3-10,13,19,22H,11-12H2,1-2H3/t19-/m0/s1. The van der Waals surface area contributed by atoms with Gasteiger partial charge >= 0.3 is 0 Å². The van der Waals surface area contributed by atoms with Gasteiger partial charge < -0.3 is 18.8 Å². The zero-order valence-corrected chi connectivity index (χ0v) is 16.8. The Bertz CT molecular complexity index is 1110. The monoisotopic (exact) mass is 415 g/mol. The summed E-state index contributed by atoms with van der Waals surface area (Å²) in [4.78, 5) is 4.44. The Labute approximate surface area is 169 Å². The number of hydrogen-bond acceptors (Lipinski definition) is 6. The van der Waals surface area contributed by atoms with Crippen molar-refractivity contribution in [1.29, 1.82) is 0 Å². The maximum atomic E-state index is 13.2. The minimum Gasteiger partial charge on any atom is -0.497 e. The lowest BCUT2D eigenvalue weighted by Crippen LogP contribution is -2.31. The molecule has 3 aromatic rings. The average molecular weight is 415 g/mol. The summed E-state index contributed by atoms with van der Waals surface area (Å²) in [7, 11) is -0.474. The van der Waals surface area contributed by atoms with Crippen molar-refractivity contribution in [3.05, 3.63) is 66.2 Å². The van der Waals surface area contributed by atoms with Crippen molar-refractivity contribution < 1.29 is 22.6 Å². The van der Waals surface area contributed by atoms with E-state index in [9.17, 15) is 8.42 Å². The Balaban J connectivity index is 1.70. The highest BCUT2D eigenvalue weighted by atomic mass is 32.2. The second-order valence-corrected chi connectivity index (χ2v) is 8.24. The van der Waals surface area contributed by atoms with E-state index in [1.807, 2.05) is 19.2 Å². The number of imidazole rings is 1. The topological polar surface area (TPSA) is 91.7 Å². The third kappa shape index (κ3) is 3.92. The number of ether oxygens (including phenoxy) is 3. The average Bonchev–Trinajstić information content (AvgIpc) is 3.17. The number of methoxy groups -OCH3 is 1. The highest BCUT2D eigenvalue weighted by molar-refractivity contribution is 7.89. The molecule has 9 heteroatoms. The second kappa shape index (κ2) is 7.76. The van der Waals surface area contributed by atoms with Crippen molar-refractivity contribution in [1.82, 2.24) is 14.3 Å². The van der Waals surface area contributed by atoms with Crippen molar-refractivity contribution in [3.63, 3.8) is 0 Å². The molecule has 0 amide bonds. The van der Waals surface area contributed by atoms with Crippen molar-refractivity contribution in [3.8, 4) is 17.2 Å². The van der Waals surface area contributed by atoms with Gasteiger partial charge in [-0.1, -0.05) is 12.1 Å². The van der Waals surface area contributed by atoms with Crippen molar-refractivity contribution >= 4 is 10.0 Å². The molecule has 1 aliphatic rings. The van der Waals surface area contributed by atoms with Crippen molar-refractivity contribution in [2.24, 2.45) is 7.05 Å². The van der Waals surface area contributed by atoms with Gasteiger partial charge in [-0.2, -0.15) is 4.72 Å². The first-order valence-electron chi connectivity index (χ1n) is 9.01. The van der Waals surface area contributed by atoms with Crippen LogP contribution in [0, 0.1) is 0 Å². The first-order valence-corrected chi connectivity index (χ1v) is 10.5. The fraction of sp³-hybridized carbons (Fsp3) is 0.250. The van der Waals surface area contributed by atoms with Gasteiger partial charge in [-0.15, -0.1) is 0 Å². The summed E-state index contributed by atoms with van der Waals surface area (Å²) in [6, 6.07) is 11.1. The molecule has 4 rings (SSSR count). The molecular weight excluding hydrogens is 394 g/mol. The number of aromatic nitrogens is 2. The maximum Gasteiger partial charge on any atom is 0.241 e. The van der Waals surface area contributed by atoms with Crippen LogP contribution in [-0.4, -0.2) is 38.3 Å². The van der Waals surface area contributed by atoms with Crippen LogP contribution in [0.25, 0.3) is 0 Å². The van der Waals surface area contributed by atoms with E-state index in [0.717, 1.165) is 5.56 Å².